The zero-order chi connectivity index (χ0) is 11.2. The Bertz CT molecular complexity index is 97.8. The van der Waals surface area contributed by atoms with Gasteiger partial charge < -0.3 is 14.8 Å². The van der Waals surface area contributed by atoms with Crippen molar-refractivity contribution in [3.05, 3.63) is 0 Å². The third-order valence-corrected chi connectivity index (χ3v) is 2.24. The molecule has 0 heterocycles. The number of unbranched alkanes of at least 4 members (excludes halogenated alkanes) is 2. The lowest BCUT2D eigenvalue weighted by atomic mass is 10.3. The molecule has 1 N–H and O–H groups in total. The Balaban J connectivity index is 2.81. The normalized spacial score (nSPS) is 10.8. The summed E-state index contributed by atoms with van der Waals surface area (Å²) >= 11 is 0. The van der Waals surface area contributed by atoms with Crippen molar-refractivity contribution in [2.75, 3.05) is 40.0 Å². The smallest absolute Gasteiger partial charge is 0.0478 e. The second-order valence-electron chi connectivity index (χ2n) is 3.77. The number of hydrogen-bond donors (Lipinski definition) is 1. The van der Waals surface area contributed by atoms with Crippen molar-refractivity contribution in [3.8, 4) is 0 Å². The predicted molar refractivity (Wildman–Crippen MR) is 64.3 cm³/mol. The van der Waals surface area contributed by atoms with Crippen LogP contribution in [0.4, 0.5) is 0 Å². The number of ether oxygens (including phenoxy) is 2. The number of rotatable bonds is 12. The van der Waals surface area contributed by atoms with Gasteiger partial charge >= 0.3 is 0 Å². The zero-order valence-electron chi connectivity index (χ0n) is 10.4. The fraction of sp³-hybridized carbons (Fsp3) is 1.00. The monoisotopic (exact) mass is 217 g/mol. The highest BCUT2D eigenvalue weighted by Gasteiger charge is 1.90. The van der Waals surface area contributed by atoms with Gasteiger partial charge in [0.1, 0.15) is 0 Å². The summed E-state index contributed by atoms with van der Waals surface area (Å²) in [6, 6.07) is 0. The third-order valence-electron chi connectivity index (χ3n) is 2.24. The summed E-state index contributed by atoms with van der Waals surface area (Å²) in [5.41, 5.74) is 0. The van der Waals surface area contributed by atoms with E-state index in [1.165, 1.54) is 19.3 Å². The van der Waals surface area contributed by atoms with E-state index in [0.717, 1.165) is 45.8 Å². The van der Waals surface area contributed by atoms with Gasteiger partial charge in [0.05, 0.1) is 0 Å². The molecule has 0 aromatic heterocycles. The largest absolute Gasteiger partial charge is 0.385 e. The Labute approximate surface area is 94.5 Å². The van der Waals surface area contributed by atoms with Crippen LogP contribution >= 0.6 is 0 Å². The molecule has 0 aliphatic rings. The molecular formula is C12H27NO2. The van der Waals surface area contributed by atoms with Crippen LogP contribution in [-0.4, -0.2) is 40.0 Å². The van der Waals surface area contributed by atoms with Crippen LogP contribution in [0.2, 0.25) is 0 Å². The average molecular weight is 217 g/mol. The van der Waals surface area contributed by atoms with Crippen LogP contribution in [-0.2, 0) is 9.47 Å². The number of hydrogen-bond acceptors (Lipinski definition) is 3. The first-order valence-corrected chi connectivity index (χ1v) is 6.19. The SMILES string of the molecule is CCCCOCCCNCCCCOC. The number of methoxy groups -OCH3 is 1. The standard InChI is InChI=1S/C12H27NO2/c1-3-4-11-15-12-7-9-13-8-5-6-10-14-2/h13H,3-12H2,1-2H3. The van der Waals surface area contributed by atoms with Gasteiger partial charge in [-0.3, -0.25) is 0 Å². The molecule has 0 unspecified atom stereocenters. The van der Waals surface area contributed by atoms with Gasteiger partial charge in [0.15, 0.2) is 0 Å². The minimum Gasteiger partial charge on any atom is -0.385 e. The van der Waals surface area contributed by atoms with Crippen molar-refractivity contribution >= 4 is 0 Å². The van der Waals surface area contributed by atoms with E-state index in [1.807, 2.05) is 0 Å². The molecule has 0 saturated heterocycles. The van der Waals surface area contributed by atoms with Crippen molar-refractivity contribution in [2.24, 2.45) is 0 Å². The molecule has 0 bridgehead atoms. The molecular weight excluding hydrogens is 190 g/mol. The summed E-state index contributed by atoms with van der Waals surface area (Å²) in [4.78, 5) is 0. The highest BCUT2D eigenvalue weighted by Crippen LogP contribution is 1.90. The maximum Gasteiger partial charge on any atom is 0.0478 e. The molecule has 0 amide bonds. The molecule has 92 valence electrons. The summed E-state index contributed by atoms with van der Waals surface area (Å²) < 4.78 is 10.4. The lowest BCUT2D eigenvalue weighted by Crippen LogP contribution is -2.18. The molecule has 15 heavy (non-hydrogen) atoms. The fourth-order valence-corrected chi connectivity index (χ4v) is 1.27. The van der Waals surface area contributed by atoms with Gasteiger partial charge in [0.25, 0.3) is 0 Å². The first kappa shape index (κ1) is 14.9. The van der Waals surface area contributed by atoms with Gasteiger partial charge in [-0.05, 0) is 38.8 Å². The second kappa shape index (κ2) is 13.9. The molecule has 0 rings (SSSR count). The molecule has 0 fully saturated rings. The van der Waals surface area contributed by atoms with Crippen LogP contribution < -0.4 is 5.32 Å². The van der Waals surface area contributed by atoms with Crippen LogP contribution in [0.15, 0.2) is 0 Å². The average Bonchev–Trinajstić information content (AvgIpc) is 2.26. The van der Waals surface area contributed by atoms with Crippen LogP contribution in [0, 0.1) is 0 Å². The van der Waals surface area contributed by atoms with E-state index in [0.29, 0.717) is 0 Å². The highest BCUT2D eigenvalue weighted by atomic mass is 16.5. The van der Waals surface area contributed by atoms with Crippen molar-refractivity contribution in [3.63, 3.8) is 0 Å². The summed E-state index contributed by atoms with van der Waals surface area (Å²) in [5.74, 6) is 0. The lowest BCUT2D eigenvalue weighted by molar-refractivity contribution is 0.128. The lowest BCUT2D eigenvalue weighted by Gasteiger charge is -2.05. The molecule has 3 nitrogen and oxygen atoms in total. The third kappa shape index (κ3) is 13.9. The van der Waals surface area contributed by atoms with Gasteiger partial charge in [0, 0.05) is 26.9 Å². The minimum absolute atomic E-state index is 0.877. The Morgan fingerprint density at radius 2 is 1.60 bits per heavy atom. The van der Waals surface area contributed by atoms with Crippen LogP contribution in [0.1, 0.15) is 39.0 Å². The molecule has 3 heteroatoms. The Morgan fingerprint density at radius 1 is 0.867 bits per heavy atom. The Morgan fingerprint density at radius 3 is 2.33 bits per heavy atom. The summed E-state index contributed by atoms with van der Waals surface area (Å²) in [7, 11) is 1.75. The van der Waals surface area contributed by atoms with Gasteiger partial charge in [-0.1, -0.05) is 13.3 Å². The fourth-order valence-electron chi connectivity index (χ4n) is 1.27. The Kier molecular flexibility index (Phi) is 13.8. The molecule has 0 aromatic rings. The summed E-state index contributed by atoms with van der Waals surface area (Å²) in [5, 5.41) is 3.40. The molecule has 0 atom stereocenters. The molecule has 0 aromatic carbocycles. The summed E-state index contributed by atoms with van der Waals surface area (Å²) in [6.45, 7) is 7.04. The van der Waals surface area contributed by atoms with E-state index in [-0.39, 0.29) is 0 Å². The minimum atomic E-state index is 0.877. The van der Waals surface area contributed by atoms with Crippen molar-refractivity contribution in [1.82, 2.24) is 5.32 Å². The van der Waals surface area contributed by atoms with Gasteiger partial charge in [-0.2, -0.15) is 0 Å². The van der Waals surface area contributed by atoms with Crippen LogP contribution in [0.25, 0.3) is 0 Å². The first-order valence-electron chi connectivity index (χ1n) is 6.19. The van der Waals surface area contributed by atoms with Crippen molar-refractivity contribution in [1.29, 1.82) is 0 Å². The molecule has 0 spiro atoms. The maximum absolute atomic E-state index is 5.46. The molecule has 0 aliphatic heterocycles. The van der Waals surface area contributed by atoms with Gasteiger partial charge in [0.2, 0.25) is 0 Å². The van der Waals surface area contributed by atoms with E-state index in [4.69, 9.17) is 9.47 Å². The molecule has 0 radical (unpaired) electrons. The van der Waals surface area contributed by atoms with Crippen molar-refractivity contribution < 1.29 is 9.47 Å². The van der Waals surface area contributed by atoms with E-state index in [2.05, 4.69) is 12.2 Å². The van der Waals surface area contributed by atoms with E-state index in [9.17, 15) is 0 Å². The highest BCUT2D eigenvalue weighted by molar-refractivity contribution is 4.48. The first-order chi connectivity index (χ1) is 7.41. The topological polar surface area (TPSA) is 30.5 Å². The second-order valence-corrected chi connectivity index (χ2v) is 3.77. The van der Waals surface area contributed by atoms with E-state index in [1.54, 1.807) is 7.11 Å². The van der Waals surface area contributed by atoms with Crippen molar-refractivity contribution in [2.45, 2.75) is 39.0 Å². The summed E-state index contributed by atoms with van der Waals surface area (Å²) in [6.07, 6.45) is 5.87. The molecule has 0 aliphatic carbocycles. The Hall–Kier alpha value is -0.120. The van der Waals surface area contributed by atoms with E-state index < -0.39 is 0 Å². The zero-order valence-corrected chi connectivity index (χ0v) is 10.4. The predicted octanol–water partition coefficient (Wildman–Crippen LogP) is 2.21. The maximum atomic E-state index is 5.46. The van der Waals surface area contributed by atoms with Crippen LogP contribution in [0.3, 0.4) is 0 Å². The molecule has 0 saturated carbocycles. The quantitative estimate of drug-likeness (QED) is 0.508. The van der Waals surface area contributed by atoms with E-state index >= 15 is 0 Å². The van der Waals surface area contributed by atoms with Crippen LogP contribution in [0.5, 0.6) is 0 Å². The van der Waals surface area contributed by atoms with Gasteiger partial charge in [-0.15, -0.1) is 0 Å². The van der Waals surface area contributed by atoms with Gasteiger partial charge in [-0.25, -0.2) is 0 Å². The number of nitrogens with one attached hydrogen (secondary N) is 1.